The van der Waals surface area contributed by atoms with E-state index < -0.39 is 0 Å². The van der Waals surface area contributed by atoms with Crippen LogP contribution in [0, 0.1) is 12.8 Å². The molecule has 1 N–H and O–H groups in total. The molecule has 156 valence electrons. The molecule has 1 aliphatic rings. The number of hydrogen-bond donors (Lipinski definition) is 1. The molecular weight excluding hydrogens is 468 g/mol. The van der Waals surface area contributed by atoms with Gasteiger partial charge in [0.05, 0.1) is 11.6 Å². The molecule has 2 aromatic carbocycles. The van der Waals surface area contributed by atoms with Crippen LogP contribution in [0.5, 0.6) is 0 Å². The van der Waals surface area contributed by atoms with Gasteiger partial charge in [-0.15, -0.1) is 0 Å². The molecule has 4 rings (SSSR count). The molecule has 8 heteroatoms. The number of nitrogens with zero attached hydrogens (tertiary/aromatic N) is 3. The van der Waals surface area contributed by atoms with Gasteiger partial charge in [-0.1, -0.05) is 41.0 Å². The molecule has 0 unspecified atom stereocenters. The zero-order chi connectivity index (χ0) is 21.1. The molecule has 0 saturated carbocycles. The van der Waals surface area contributed by atoms with Crippen molar-refractivity contribution in [1.82, 2.24) is 15.0 Å². The van der Waals surface area contributed by atoms with Crippen molar-refractivity contribution in [3.05, 3.63) is 63.4 Å². The summed E-state index contributed by atoms with van der Waals surface area (Å²) in [6.07, 6.45) is 1.57. The van der Waals surface area contributed by atoms with E-state index in [2.05, 4.69) is 36.3 Å². The number of rotatable bonds is 5. The second kappa shape index (κ2) is 9.29. The maximum atomic E-state index is 12.6. The van der Waals surface area contributed by atoms with Crippen molar-refractivity contribution in [1.29, 1.82) is 0 Å². The second-order valence-electron chi connectivity index (χ2n) is 7.50. The maximum Gasteiger partial charge on any atom is 0.241 e. The second-order valence-corrected chi connectivity index (χ2v) is 8.76. The van der Waals surface area contributed by atoms with Crippen molar-refractivity contribution in [3.8, 4) is 11.4 Å². The number of nitrogens with one attached hydrogen (secondary N) is 1. The summed E-state index contributed by atoms with van der Waals surface area (Å²) >= 11 is 9.46. The Morgan fingerprint density at radius 3 is 2.77 bits per heavy atom. The van der Waals surface area contributed by atoms with E-state index in [1.54, 1.807) is 6.07 Å². The molecule has 0 spiro atoms. The number of carbonyl (C=O) groups is 1. The Morgan fingerprint density at radius 1 is 1.27 bits per heavy atom. The van der Waals surface area contributed by atoms with Crippen molar-refractivity contribution in [2.75, 3.05) is 18.4 Å². The Kier molecular flexibility index (Phi) is 6.51. The van der Waals surface area contributed by atoms with Crippen LogP contribution in [0.4, 0.5) is 5.69 Å². The van der Waals surface area contributed by atoms with Crippen molar-refractivity contribution >= 4 is 39.1 Å². The average molecular weight is 490 g/mol. The monoisotopic (exact) mass is 488 g/mol. The highest BCUT2D eigenvalue weighted by atomic mass is 79.9. The molecule has 1 fully saturated rings. The summed E-state index contributed by atoms with van der Waals surface area (Å²) in [4.78, 5) is 19.4. The number of hydrogen-bond acceptors (Lipinski definition) is 5. The van der Waals surface area contributed by atoms with E-state index in [9.17, 15) is 4.79 Å². The Hall–Kier alpha value is -2.22. The van der Waals surface area contributed by atoms with Crippen LogP contribution >= 0.6 is 27.5 Å². The summed E-state index contributed by atoms with van der Waals surface area (Å²) in [7, 11) is 0. The molecule has 2 heterocycles. The van der Waals surface area contributed by atoms with Gasteiger partial charge in [0, 0.05) is 21.6 Å². The summed E-state index contributed by atoms with van der Waals surface area (Å²) in [6.45, 7) is 4.24. The standard InChI is InChI=1S/C22H22BrClN4O2/c1-14-4-2-3-5-17(14)21-26-20(30-27-21)13-28-10-8-15(9-11-28)22(29)25-16-6-7-18(23)19(24)12-16/h2-7,12,15H,8-11,13H2,1H3,(H,25,29). The predicted molar refractivity (Wildman–Crippen MR) is 120 cm³/mol. The van der Waals surface area contributed by atoms with Crippen molar-refractivity contribution < 1.29 is 9.32 Å². The molecule has 1 aliphatic heterocycles. The van der Waals surface area contributed by atoms with Crippen molar-refractivity contribution in [3.63, 3.8) is 0 Å². The molecule has 0 aliphatic carbocycles. The van der Waals surface area contributed by atoms with Gasteiger partial charge in [0.15, 0.2) is 0 Å². The fourth-order valence-corrected chi connectivity index (χ4v) is 4.04. The van der Waals surface area contributed by atoms with Gasteiger partial charge in [-0.25, -0.2) is 0 Å². The van der Waals surface area contributed by atoms with Crippen LogP contribution in [0.25, 0.3) is 11.4 Å². The largest absolute Gasteiger partial charge is 0.338 e. The third-order valence-corrected chi connectivity index (χ3v) is 6.59. The highest BCUT2D eigenvalue weighted by Crippen LogP contribution is 2.27. The third-order valence-electron chi connectivity index (χ3n) is 5.36. The van der Waals surface area contributed by atoms with Gasteiger partial charge in [0.25, 0.3) is 0 Å². The normalized spacial score (nSPS) is 15.3. The first kappa shape index (κ1) is 21.0. The molecular formula is C22H22BrClN4O2. The van der Waals surface area contributed by atoms with E-state index in [1.165, 1.54) is 0 Å². The SMILES string of the molecule is Cc1ccccc1-c1noc(CN2CCC(C(=O)Nc3ccc(Br)c(Cl)c3)CC2)n1. The quantitative estimate of drug-likeness (QED) is 0.526. The lowest BCUT2D eigenvalue weighted by atomic mass is 9.96. The summed E-state index contributed by atoms with van der Waals surface area (Å²) in [5.74, 6) is 1.23. The number of amides is 1. The van der Waals surface area contributed by atoms with Gasteiger partial charge in [0.1, 0.15) is 0 Å². The number of aromatic nitrogens is 2. The summed E-state index contributed by atoms with van der Waals surface area (Å²) in [5.41, 5.74) is 2.81. The Balaban J connectivity index is 1.30. The lowest BCUT2D eigenvalue weighted by Gasteiger charge is -2.30. The molecule has 30 heavy (non-hydrogen) atoms. The molecule has 0 atom stereocenters. The third kappa shape index (κ3) is 4.91. The molecule has 1 amide bonds. The number of piperidine rings is 1. The number of halogens is 2. The van der Waals surface area contributed by atoms with Crippen LogP contribution in [-0.4, -0.2) is 34.0 Å². The zero-order valence-electron chi connectivity index (χ0n) is 16.6. The molecule has 3 aromatic rings. The van der Waals surface area contributed by atoms with Gasteiger partial charge in [-0.05, 0) is 72.5 Å². The minimum Gasteiger partial charge on any atom is -0.338 e. The lowest BCUT2D eigenvalue weighted by Crippen LogP contribution is -2.37. The van der Waals surface area contributed by atoms with E-state index in [1.807, 2.05) is 43.3 Å². The van der Waals surface area contributed by atoms with E-state index in [-0.39, 0.29) is 11.8 Å². The van der Waals surface area contributed by atoms with Crippen LogP contribution in [0.3, 0.4) is 0 Å². The van der Waals surface area contributed by atoms with Crippen LogP contribution in [0.2, 0.25) is 5.02 Å². The maximum absolute atomic E-state index is 12.6. The Morgan fingerprint density at radius 2 is 2.03 bits per heavy atom. The number of carbonyl (C=O) groups excluding carboxylic acids is 1. The molecule has 1 saturated heterocycles. The number of aryl methyl sites for hydroxylation is 1. The van der Waals surface area contributed by atoms with Gasteiger partial charge in [-0.2, -0.15) is 4.98 Å². The van der Waals surface area contributed by atoms with Crippen LogP contribution < -0.4 is 5.32 Å². The zero-order valence-corrected chi connectivity index (χ0v) is 18.9. The number of likely N-dealkylation sites (tertiary alicyclic amines) is 1. The highest BCUT2D eigenvalue weighted by Gasteiger charge is 2.26. The first-order valence-corrected chi connectivity index (χ1v) is 11.0. The van der Waals surface area contributed by atoms with Crippen molar-refractivity contribution in [2.45, 2.75) is 26.3 Å². The van der Waals surface area contributed by atoms with Crippen LogP contribution in [-0.2, 0) is 11.3 Å². The molecule has 0 bridgehead atoms. The highest BCUT2D eigenvalue weighted by molar-refractivity contribution is 9.10. The van der Waals surface area contributed by atoms with Gasteiger partial charge < -0.3 is 9.84 Å². The van der Waals surface area contributed by atoms with Gasteiger partial charge >= 0.3 is 0 Å². The topological polar surface area (TPSA) is 71.3 Å². The van der Waals surface area contributed by atoms with Crippen LogP contribution in [0.1, 0.15) is 24.3 Å². The summed E-state index contributed by atoms with van der Waals surface area (Å²) in [6, 6.07) is 13.4. The predicted octanol–water partition coefficient (Wildman–Crippen LogP) is 5.31. The number of benzene rings is 2. The summed E-state index contributed by atoms with van der Waals surface area (Å²) < 4.78 is 6.26. The average Bonchev–Trinajstić information content (AvgIpc) is 3.20. The van der Waals surface area contributed by atoms with E-state index in [4.69, 9.17) is 16.1 Å². The van der Waals surface area contributed by atoms with E-state index in [0.29, 0.717) is 29.0 Å². The fourth-order valence-electron chi connectivity index (χ4n) is 3.62. The Bertz CT molecular complexity index is 1050. The smallest absolute Gasteiger partial charge is 0.241 e. The molecule has 0 radical (unpaired) electrons. The van der Waals surface area contributed by atoms with Gasteiger partial charge in [-0.3, -0.25) is 9.69 Å². The van der Waals surface area contributed by atoms with E-state index >= 15 is 0 Å². The molecule has 1 aromatic heterocycles. The minimum atomic E-state index is -0.0195. The summed E-state index contributed by atoms with van der Waals surface area (Å²) in [5, 5.41) is 7.67. The minimum absolute atomic E-state index is 0.0195. The van der Waals surface area contributed by atoms with Crippen molar-refractivity contribution in [2.24, 2.45) is 5.92 Å². The van der Waals surface area contributed by atoms with E-state index in [0.717, 1.165) is 41.5 Å². The lowest BCUT2D eigenvalue weighted by molar-refractivity contribution is -0.121. The molecule has 6 nitrogen and oxygen atoms in total. The Labute approximate surface area is 188 Å². The fraction of sp³-hybridized carbons (Fsp3) is 0.318. The van der Waals surface area contributed by atoms with Gasteiger partial charge in [0.2, 0.25) is 17.6 Å². The van der Waals surface area contributed by atoms with Crippen LogP contribution in [0.15, 0.2) is 51.5 Å². The first-order chi connectivity index (χ1) is 14.5. The first-order valence-electron chi connectivity index (χ1n) is 9.86. The number of anilines is 1.